The zero-order valence-corrected chi connectivity index (χ0v) is 29.2. The monoisotopic (exact) mass is 708 g/mol. The summed E-state index contributed by atoms with van der Waals surface area (Å²) in [5.74, 6) is 1.61. The van der Waals surface area contributed by atoms with Crippen LogP contribution in [-0.2, 0) is 21.7 Å². The van der Waals surface area contributed by atoms with Gasteiger partial charge in [-0.1, -0.05) is 78.3 Å². The van der Waals surface area contributed by atoms with Gasteiger partial charge < -0.3 is 28.3 Å². The van der Waals surface area contributed by atoms with Crippen LogP contribution >= 0.6 is 11.6 Å². The van der Waals surface area contributed by atoms with Crippen LogP contribution in [0.15, 0.2) is 116 Å². The number of hydrogen-bond acceptors (Lipinski definition) is 8. The molecule has 51 heavy (non-hydrogen) atoms. The van der Waals surface area contributed by atoms with E-state index in [-0.39, 0.29) is 18.4 Å². The van der Waals surface area contributed by atoms with Gasteiger partial charge in [0, 0.05) is 5.92 Å². The summed E-state index contributed by atoms with van der Waals surface area (Å²) in [5.41, 5.74) is 3.38. The molecule has 2 heterocycles. The highest BCUT2D eigenvalue weighted by Gasteiger charge is 2.48. The standard InChI is InChI=1S/C40H38ClFN4O5/c1-47-31-15-9-26(10-16-31)22-50-37-34(46-25-45-36-38(41)43-24-44-39(36)46)21-27(35(37)42)23-51-40(28-7-5-4-6-8-28,29-11-17-32(48-2)18-12-29)30-13-19-33(49-3)20-14-30/h4-20,24-25,27,34-35,37H,21-23H2,1-3H3/t27-,34-,35+,37+/m1/s1. The van der Waals surface area contributed by atoms with Gasteiger partial charge in [-0.05, 0) is 65.1 Å². The molecule has 0 amide bonds. The Morgan fingerprint density at radius 1 is 0.745 bits per heavy atom. The van der Waals surface area contributed by atoms with Gasteiger partial charge in [-0.3, -0.25) is 0 Å². The first kappa shape index (κ1) is 34.4. The maximum atomic E-state index is 17.0. The van der Waals surface area contributed by atoms with Gasteiger partial charge in [0.2, 0.25) is 0 Å². The molecule has 9 nitrogen and oxygen atoms in total. The van der Waals surface area contributed by atoms with Gasteiger partial charge >= 0.3 is 0 Å². The van der Waals surface area contributed by atoms with E-state index in [1.54, 1.807) is 27.7 Å². The van der Waals surface area contributed by atoms with Crippen molar-refractivity contribution in [3.8, 4) is 17.2 Å². The smallest absolute Gasteiger partial charge is 0.165 e. The van der Waals surface area contributed by atoms with E-state index in [4.69, 9.17) is 35.3 Å². The molecule has 1 fully saturated rings. The van der Waals surface area contributed by atoms with Crippen LogP contribution in [0.5, 0.6) is 17.2 Å². The number of ether oxygens (including phenoxy) is 5. The number of halogens is 2. The lowest BCUT2D eigenvalue weighted by molar-refractivity contribution is -0.0483. The number of alkyl halides is 1. The highest BCUT2D eigenvalue weighted by molar-refractivity contribution is 6.33. The number of nitrogens with zero attached hydrogens (tertiary/aromatic N) is 4. The molecule has 1 aliphatic carbocycles. The Morgan fingerprint density at radius 2 is 1.31 bits per heavy atom. The Bertz CT molecular complexity index is 2000. The van der Waals surface area contributed by atoms with Crippen LogP contribution in [0.4, 0.5) is 4.39 Å². The summed E-state index contributed by atoms with van der Waals surface area (Å²) in [5, 5.41) is 0.232. The average Bonchev–Trinajstić information content (AvgIpc) is 3.76. The fourth-order valence-electron chi connectivity index (χ4n) is 6.98. The second-order valence-electron chi connectivity index (χ2n) is 12.4. The summed E-state index contributed by atoms with van der Waals surface area (Å²) < 4.78 is 48.7. The molecule has 0 radical (unpaired) electrons. The van der Waals surface area contributed by atoms with Crippen molar-refractivity contribution in [3.63, 3.8) is 0 Å². The van der Waals surface area contributed by atoms with Crippen LogP contribution in [0.2, 0.25) is 5.15 Å². The first-order valence-electron chi connectivity index (χ1n) is 16.6. The summed E-state index contributed by atoms with van der Waals surface area (Å²) in [4.78, 5) is 13.0. The van der Waals surface area contributed by atoms with E-state index < -0.39 is 29.8 Å². The third-order valence-electron chi connectivity index (χ3n) is 9.65. The molecule has 0 spiro atoms. The first-order valence-corrected chi connectivity index (χ1v) is 17.0. The normalized spacial score (nSPS) is 18.9. The summed E-state index contributed by atoms with van der Waals surface area (Å²) >= 11 is 6.37. The number of aromatic nitrogens is 4. The maximum Gasteiger partial charge on any atom is 0.165 e. The molecule has 0 bridgehead atoms. The van der Waals surface area contributed by atoms with Crippen molar-refractivity contribution >= 4 is 22.8 Å². The zero-order valence-electron chi connectivity index (χ0n) is 28.5. The summed E-state index contributed by atoms with van der Waals surface area (Å²) in [6.45, 7) is 0.280. The van der Waals surface area contributed by atoms with Crippen LogP contribution in [0, 0.1) is 5.92 Å². The number of hydrogen-bond donors (Lipinski definition) is 0. The molecule has 0 unspecified atom stereocenters. The Morgan fingerprint density at radius 3 is 1.90 bits per heavy atom. The lowest BCUT2D eigenvalue weighted by atomic mass is 9.80. The van der Waals surface area contributed by atoms with Crippen LogP contribution in [0.3, 0.4) is 0 Å². The molecule has 4 atom stereocenters. The number of benzene rings is 4. The van der Waals surface area contributed by atoms with Gasteiger partial charge in [0.1, 0.15) is 47.0 Å². The highest BCUT2D eigenvalue weighted by atomic mass is 35.5. The van der Waals surface area contributed by atoms with Gasteiger partial charge in [0.15, 0.2) is 10.8 Å². The van der Waals surface area contributed by atoms with Crippen molar-refractivity contribution in [1.82, 2.24) is 19.5 Å². The number of fused-ring (bicyclic) bond motifs is 1. The third-order valence-corrected chi connectivity index (χ3v) is 9.92. The number of rotatable bonds is 13. The van der Waals surface area contributed by atoms with Crippen molar-refractivity contribution in [3.05, 3.63) is 143 Å². The molecular formula is C40H38ClFN4O5. The minimum Gasteiger partial charge on any atom is -0.497 e. The van der Waals surface area contributed by atoms with Crippen LogP contribution in [0.1, 0.15) is 34.7 Å². The summed E-state index contributed by atoms with van der Waals surface area (Å²) in [6, 6.07) is 32.6. The lowest BCUT2D eigenvalue weighted by Gasteiger charge is -2.37. The van der Waals surface area contributed by atoms with E-state index in [1.807, 2.05) is 108 Å². The molecule has 11 heteroatoms. The van der Waals surface area contributed by atoms with Crippen LogP contribution in [0.25, 0.3) is 11.2 Å². The molecular weight excluding hydrogens is 671 g/mol. The van der Waals surface area contributed by atoms with Gasteiger partial charge in [0.25, 0.3) is 0 Å². The lowest BCUT2D eigenvalue weighted by Crippen LogP contribution is -2.36. The largest absolute Gasteiger partial charge is 0.497 e. The van der Waals surface area contributed by atoms with Crippen molar-refractivity contribution in [2.45, 2.75) is 36.9 Å². The van der Waals surface area contributed by atoms with Gasteiger partial charge in [-0.25, -0.2) is 19.3 Å². The van der Waals surface area contributed by atoms with Crippen LogP contribution in [-0.4, -0.2) is 59.7 Å². The average molecular weight is 709 g/mol. The molecule has 1 aliphatic rings. The van der Waals surface area contributed by atoms with E-state index >= 15 is 4.39 Å². The predicted molar refractivity (Wildman–Crippen MR) is 192 cm³/mol. The summed E-state index contributed by atoms with van der Waals surface area (Å²) in [7, 11) is 4.88. The molecule has 1 saturated carbocycles. The van der Waals surface area contributed by atoms with Gasteiger partial charge in [-0.15, -0.1) is 0 Å². The zero-order chi connectivity index (χ0) is 35.4. The van der Waals surface area contributed by atoms with E-state index in [9.17, 15) is 0 Å². The fraction of sp³-hybridized carbons (Fsp3) is 0.275. The van der Waals surface area contributed by atoms with E-state index in [2.05, 4.69) is 15.0 Å². The molecule has 0 N–H and O–H groups in total. The Balaban J connectivity index is 1.26. The molecule has 7 rings (SSSR count). The quantitative estimate of drug-likeness (QED) is 0.0881. The maximum absolute atomic E-state index is 17.0. The van der Waals surface area contributed by atoms with Gasteiger partial charge in [-0.2, -0.15) is 0 Å². The van der Waals surface area contributed by atoms with Crippen molar-refractivity contribution < 1.29 is 28.1 Å². The number of methoxy groups -OCH3 is 3. The minimum atomic E-state index is -1.39. The Labute approximate surface area is 300 Å². The predicted octanol–water partition coefficient (Wildman–Crippen LogP) is 8.00. The molecule has 2 aromatic heterocycles. The number of imidazole rings is 1. The molecule has 6 aromatic rings. The summed E-state index contributed by atoms with van der Waals surface area (Å²) in [6.07, 6.45) is 1.20. The Hall–Kier alpha value is -5.03. The van der Waals surface area contributed by atoms with E-state index in [0.717, 1.165) is 28.0 Å². The van der Waals surface area contributed by atoms with E-state index in [1.165, 1.54) is 6.33 Å². The minimum absolute atomic E-state index is 0.0788. The third kappa shape index (κ3) is 6.74. The van der Waals surface area contributed by atoms with Gasteiger partial charge in [0.05, 0.1) is 46.9 Å². The van der Waals surface area contributed by atoms with Crippen LogP contribution < -0.4 is 14.2 Å². The van der Waals surface area contributed by atoms with Crippen molar-refractivity contribution in [1.29, 1.82) is 0 Å². The Kier molecular flexibility index (Phi) is 10.2. The second-order valence-corrected chi connectivity index (χ2v) is 12.8. The topological polar surface area (TPSA) is 89.8 Å². The highest BCUT2D eigenvalue weighted by Crippen LogP contribution is 2.46. The molecule has 4 aromatic carbocycles. The first-order chi connectivity index (χ1) is 24.9. The van der Waals surface area contributed by atoms with Crippen molar-refractivity contribution in [2.24, 2.45) is 5.92 Å². The van der Waals surface area contributed by atoms with Crippen molar-refractivity contribution in [2.75, 3.05) is 27.9 Å². The molecule has 0 saturated heterocycles. The SMILES string of the molecule is COc1ccc(CO[C@@H]2[C@@H](F)[C@@H](COC(c3ccccc3)(c3ccc(OC)cc3)c3ccc(OC)cc3)C[C@H]2n2cnc3c(Cl)ncnc32)cc1. The second kappa shape index (κ2) is 15.1. The molecule has 0 aliphatic heterocycles. The van der Waals surface area contributed by atoms with E-state index in [0.29, 0.717) is 29.1 Å². The fourth-order valence-corrected chi connectivity index (χ4v) is 7.15. The molecule has 262 valence electrons.